The van der Waals surface area contributed by atoms with Crippen LogP contribution < -0.4 is 10.6 Å². The number of aromatic nitrogens is 3. The van der Waals surface area contributed by atoms with Crippen molar-refractivity contribution in [2.24, 2.45) is 7.05 Å². The van der Waals surface area contributed by atoms with Gasteiger partial charge in [0.15, 0.2) is 0 Å². The van der Waals surface area contributed by atoms with E-state index in [2.05, 4.69) is 20.8 Å². The summed E-state index contributed by atoms with van der Waals surface area (Å²) >= 11 is 0. The summed E-state index contributed by atoms with van der Waals surface area (Å²) in [6.45, 7) is 0.914. The van der Waals surface area contributed by atoms with Gasteiger partial charge in [-0.2, -0.15) is 0 Å². The Morgan fingerprint density at radius 3 is 3.21 bits per heavy atom. The summed E-state index contributed by atoms with van der Waals surface area (Å²) in [5.41, 5.74) is 0. The van der Waals surface area contributed by atoms with Gasteiger partial charge in [0.25, 0.3) is 0 Å². The molecule has 76 valence electrons. The number of rotatable bonds is 2. The molecule has 1 aromatic heterocycles. The Morgan fingerprint density at radius 2 is 2.64 bits per heavy atom. The first kappa shape index (κ1) is 9.14. The summed E-state index contributed by atoms with van der Waals surface area (Å²) in [4.78, 5) is 11.6. The van der Waals surface area contributed by atoms with Crippen molar-refractivity contribution >= 4 is 11.9 Å². The molecule has 0 aliphatic carbocycles. The predicted molar refractivity (Wildman–Crippen MR) is 50.7 cm³/mol. The fourth-order valence-electron chi connectivity index (χ4n) is 1.50. The molecular weight excluding hydrogens is 182 g/mol. The number of carbonyl (C=O) groups excluding carboxylic acids is 1. The highest BCUT2D eigenvalue weighted by molar-refractivity contribution is 5.93. The molecular formula is C8H13N5O. The molecule has 2 heterocycles. The molecule has 1 fully saturated rings. The van der Waals surface area contributed by atoms with Crippen molar-refractivity contribution in [1.82, 2.24) is 20.1 Å². The second kappa shape index (κ2) is 3.75. The van der Waals surface area contributed by atoms with Crippen LogP contribution in [0.25, 0.3) is 0 Å². The molecule has 1 atom stereocenters. The highest BCUT2D eigenvalue weighted by Crippen LogP contribution is 2.07. The monoisotopic (exact) mass is 195 g/mol. The minimum atomic E-state index is -0.0771. The minimum Gasteiger partial charge on any atom is -0.306 e. The van der Waals surface area contributed by atoms with Crippen molar-refractivity contribution in [1.29, 1.82) is 0 Å². The van der Waals surface area contributed by atoms with Crippen LogP contribution in [-0.2, 0) is 11.8 Å². The molecule has 14 heavy (non-hydrogen) atoms. The van der Waals surface area contributed by atoms with Gasteiger partial charge in [-0.25, -0.2) is 0 Å². The Kier molecular flexibility index (Phi) is 2.45. The molecule has 2 rings (SSSR count). The third-order valence-corrected chi connectivity index (χ3v) is 2.32. The van der Waals surface area contributed by atoms with E-state index in [9.17, 15) is 4.79 Å². The first-order valence-corrected chi connectivity index (χ1v) is 4.65. The molecule has 1 amide bonds. The lowest BCUT2D eigenvalue weighted by atomic mass is 10.2. The van der Waals surface area contributed by atoms with Crippen LogP contribution in [-0.4, -0.2) is 33.3 Å². The highest BCUT2D eigenvalue weighted by Gasteiger charge is 2.22. The fourth-order valence-corrected chi connectivity index (χ4v) is 1.50. The molecule has 1 aromatic rings. The SMILES string of the molecule is Cn1cnnc1NC(=O)C1CCCN1. The molecule has 1 unspecified atom stereocenters. The molecule has 1 saturated heterocycles. The fraction of sp³-hybridized carbons (Fsp3) is 0.625. The largest absolute Gasteiger partial charge is 0.306 e. The van der Waals surface area contributed by atoms with Crippen LogP contribution in [0.3, 0.4) is 0 Å². The van der Waals surface area contributed by atoms with E-state index in [1.807, 2.05) is 0 Å². The number of aryl methyl sites for hydroxylation is 1. The summed E-state index contributed by atoms with van der Waals surface area (Å²) in [5, 5.41) is 13.3. The van der Waals surface area contributed by atoms with Gasteiger partial charge in [0.1, 0.15) is 6.33 Å². The van der Waals surface area contributed by atoms with Crippen molar-refractivity contribution in [2.45, 2.75) is 18.9 Å². The van der Waals surface area contributed by atoms with Gasteiger partial charge in [0.05, 0.1) is 6.04 Å². The number of nitrogens with zero attached hydrogens (tertiary/aromatic N) is 3. The lowest BCUT2D eigenvalue weighted by Crippen LogP contribution is -2.36. The van der Waals surface area contributed by atoms with E-state index in [1.54, 1.807) is 17.9 Å². The van der Waals surface area contributed by atoms with Crippen molar-refractivity contribution in [3.63, 3.8) is 0 Å². The van der Waals surface area contributed by atoms with Crippen LogP contribution in [0.2, 0.25) is 0 Å². The van der Waals surface area contributed by atoms with Gasteiger partial charge in [-0.05, 0) is 19.4 Å². The van der Waals surface area contributed by atoms with Crippen LogP contribution >= 0.6 is 0 Å². The summed E-state index contributed by atoms with van der Waals surface area (Å²) < 4.78 is 1.67. The predicted octanol–water partition coefficient (Wildman–Crippen LogP) is -0.494. The maximum atomic E-state index is 11.6. The zero-order chi connectivity index (χ0) is 9.97. The Labute approximate surface area is 81.7 Å². The first-order chi connectivity index (χ1) is 6.77. The van der Waals surface area contributed by atoms with E-state index < -0.39 is 0 Å². The lowest BCUT2D eigenvalue weighted by Gasteiger charge is -2.09. The lowest BCUT2D eigenvalue weighted by molar-refractivity contribution is -0.117. The summed E-state index contributed by atoms with van der Waals surface area (Å²) in [6, 6.07) is -0.0771. The standard InChI is InChI=1S/C8H13N5O/c1-13-5-10-12-8(13)11-7(14)6-3-2-4-9-6/h5-6,9H,2-4H2,1H3,(H,11,12,14). The first-order valence-electron chi connectivity index (χ1n) is 4.65. The van der Waals surface area contributed by atoms with Crippen molar-refractivity contribution in [3.05, 3.63) is 6.33 Å². The molecule has 6 nitrogen and oxygen atoms in total. The molecule has 0 saturated carbocycles. The molecule has 0 bridgehead atoms. The molecule has 0 aromatic carbocycles. The Balaban J connectivity index is 1.97. The smallest absolute Gasteiger partial charge is 0.243 e. The summed E-state index contributed by atoms with van der Waals surface area (Å²) in [7, 11) is 1.79. The van der Waals surface area contributed by atoms with Crippen molar-refractivity contribution in [3.8, 4) is 0 Å². The number of hydrogen-bond donors (Lipinski definition) is 2. The van der Waals surface area contributed by atoms with Crippen LogP contribution in [0.1, 0.15) is 12.8 Å². The van der Waals surface area contributed by atoms with Gasteiger partial charge in [-0.1, -0.05) is 0 Å². The average Bonchev–Trinajstić information content (AvgIpc) is 2.77. The van der Waals surface area contributed by atoms with Gasteiger partial charge < -0.3 is 9.88 Å². The van der Waals surface area contributed by atoms with Crippen molar-refractivity contribution < 1.29 is 4.79 Å². The van der Waals surface area contributed by atoms with E-state index in [0.717, 1.165) is 19.4 Å². The van der Waals surface area contributed by atoms with Gasteiger partial charge in [-0.3, -0.25) is 10.1 Å². The zero-order valence-corrected chi connectivity index (χ0v) is 8.03. The van der Waals surface area contributed by atoms with E-state index in [-0.39, 0.29) is 11.9 Å². The van der Waals surface area contributed by atoms with Gasteiger partial charge in [0.2, 0.25) is 11.9 Å². The van der Waals surface area contributed by atoms with Gasteiger partial charge in [-0.15, -0.1) is 10.2 Å². The Hall–Kier alpha value is -1.43. The van der Waals surface area contributed by atoms with Crippen LogP contribution in [0.5, 0.6) is 0 Å². The topological polar surface area (TPSA) is 71.8 Å². The molecule has 1 aliphatic heterocycles. The molecule has 1 aliphatic rings. The summed E-state index contributed by atoms with van der Waals surface area (Å²) in [6.07, 6.45) is 3.50. The Morgan fingerprint density at radius 1 is 1.79 bits per heavy atom. The molecule has 6 heteroatoms. The minimum absolute atomic E-state index is 0.0291. The normalized spacial score (nSPS) is 21.1. The van der Waals surface area contributed by atoms with Crippen LogP contribution in [0, 0.1) is 0 Å². The third kappa shape index (κ3) is 1.74. The number of anilines is 1. The van der Waals surface area contributed by atoms with E-state index >= 15 is 0 Å². The molecule has 0 radical (unpaired) electrons. The quantitative estimate of drug-likeness (QED) is 0.667. The second-order valence-corrected chi connectivity index (χ2v) is 3.40. The number of carbonyl (C=O) groups is 1. The summed E-state index contributed by atoms with van der Waals surface area (Å²) in [5.74, 6) is 0.460. The van der Waals surface area contributed by atoms with Crippen LogP contribution in [0.4, 0.5) is 5.95 Å². The van der Waals surface area contributed by atoms with Gasteiger partial charge >= 0.3 is 0 Å². The van der Waals surface area contributed by atoms with Crippen LogP contribution in [0.15, 0.2) is 6.33 Å². The van der Waals surface area contributed by atoms with Gasteiger partial charge in [0, 0.05) is 7.05 Å². The number of amides is 1. The van der Waals surface area contributed by atoms with Crippen molar-refractivity contribution in [2.75, 3.05) is 11.9 Å². The zero-order valence-electron chi connectivity index (χ0n) is 8.03. The molecule has 2 N–H and O–H groups in total. The van der Waals surface area contributed by atoms with E-state index in [0.29, 0.717) is 5.95 Å². The van der Waals surface area contributed by atoms with E-state index in [4.69, 9.17) is 0 Å². The second-order valence-electron chi connectivity index (χ2n) is 3.40. The Bertz CT molecular complexity index is 328. The highest BCUT2D eigenvalue weighted by atomic mass is 16.2. The average molecular weight is 195 g/mol. The maximum absolute atomic E-state index is 11.6. The number of hydrogen-bond acceptors (Lipinski definition) is 4. The maximum Gasteiger partial charge on any atom is 0.243 e. The number of nitrogens with one attached hydrogen (secondary N) is 2. The third-order valence-electron chi connectivity index (χ3n) is 2.32. The molecule has 0 spiro atoms. The van der Waals surface area contributed by atoms with E-state index in [1.165, 1.54) is 0 Å².